The number of aromatic nitrogens is 2. The van der Waals surface area contributed by atoms with Crippen LogP contribution in [0.2, 0.25) is 0 Å². The smallest absolute Gasteiger partial charge is 0.134 e. The average Bonchev–Trinajstić information content (AvgIpc) is 2.35. The maximum Gasteiger partial charge on any atom is 0.134 e. The zero-order chi connectivity index (χ0) is 13.0. The van der Waals surface area contributed by atoms with Crippen LogP contribution in [0.4, 0.5) is 11.6 Å². The Morgan fingerprint density at radius 1 is 1.39 bits per heavy atom. The van der Waals surface area contributed by atoms with Crippen LogP contribution in [0.15, 0.2) is 6.33 Å². The molecule has 1 fully saturated rings. The van der Waals surface area contributed by atoms with Gasteiger partial charge < -0.3 is 15.4 Å². The van der Waals surface area contributed by atoms with Gasteiger partial charge in [0.05, 0.1) is 12.1 Å². The topological polar surface area (TPSA) is 59.1 Å². The first-order chi connectivity index (χ1) is 8.64. The van der Waals surface area contributed by atoms with Crippen molar-refractivity contribution in [2.45, 2.75) is 39.2 Å². The number of nitrogens with zero attached hydrogens (tertiary/aromatic N) is 2. The average molecular weight is 250 g/mol. The molecule has 0 amide bonds. The SMILES string of the molecule is CCNc1ncnc(NC2(C)CCCOC2)c1C. The van der Waals surface area contributed by atoms with Crippen LogP contribution >= 0.6 is 0 Å². The molecule has 1 aromatic heterocycles. The fourth-order valence-corrected chi connectivity index (χ4v) is 2.24. The van der Waals surface area contributed by atoms with E-state index in [1.807, 2.05) is 6.92 Å². The van der Waals surface area contributed by atoms with Crippen LogP contribution in [0.1, 0.15) is 32.3 Å². The molecular weight excluding hydrogens is 228 g/mol. The van der Waals surface area contributed by atoms with Gasteiger partial charge in [-0.2, -0.15) is 0 Å². The molecule has 0 spiro atoms. The third-order valence-electron chi connectivity index (χ3n) is 3.29. The Labute approximate surface area is 108 Å². The lowest BCUT2D eigenvalue weighted by atomic mass is 9.95. The second-order valence-electron chi connectivity index (χ2n) is 5.07. The maximum absolute atomic E-state index is 5.55. The highest BCUT2D eigenvalue weighted by molar-refractivity contribution is 5.57. The highest BCUT2D eigenvalue weighted by Gasteiger charge is 2.28. The molecule has 2 heterocycles. The van der Waals surface area contributed by atoms with Gasteiger partial charge in [0.25, 0.3) is 0 Å². The number of rotatable bonds is 4. The predicted octanol–water partition coefficient (Wildman–Crippen LogP) is 2.20. The summed E-state index contributed by atoms with van der Waals surface area (Å²) >= 11 is 0. The minimum atomic E-state index is -0.0269. The summed E-state index contributed by atoms with van der Waals surface area (Å²) in [4.78, 5) is 8.59. The van der Waals surface area contributed by atoms with Gasteiger partial charge in [0.1, 0.15) is 18.0 Å². The lowest BCUT2D eigenvalue weighted by Crippen LogP contribution is -2.43. The molecular formula is C13H22N4O. The molecule has 0 aliphatic carbocycles. The number of nitrogens with one attached hydrogen (secondary N) is 2. The van der Waals surface area contributed by atoms with Crippen LogP contribution in [0.5, 0.6) is 0 Å². The Morgan fingerprint density at radius 2 is 2.17 bits per heavy atom. The van der Waals surface area contributed by atoms with Crippen molar-refractivity contribution in [2.24, 2.45) is 0 Å². The monoisotopic (exact) mass is 250 g/mol. The lowest BCUT2D eigenvalue weighted by Gasteiger charge is -2.35. The van der Waals surface area contributed by atoms with Crippen molar-refractivity contribution < 1.29 is 4.74 Å². The Balaban J connectivity index is 2.15. The minimum absolute atomic E-state index is 0.0269. The Kier molecular flexibility index (Phi) is 4.01. The van der Waals surface area contributed by atoms with E-state index in [2.05, 4.69) is 34.4 Å². The van der Waals surface area contributed by atoms with Crippen molar-refractivity contribution in [1.29, 1.82) is 0 Å². The molecule has 100 valence electrons. The number of anilines is 2. The molecule has 1 aliphatic heterocycles. The van der Waals surface area contributed by atoms with Crippen LogP contribution in [-0.4, -0.2) is 35.3 Å². The van der Waals surface area contributed by atoms with Crippen molar-refractivity contribution >= 4 is 11.6 Å². The van der Waals surface area contributed by atoms with Crippen molar-refractivity contribution in [3.05, 3.63) is 11.9 Å². The first-order valence-electron chi connectivity index (χ1n) is 6.56. The van der Waals surface area contributed by atoms with E-state index in [1.165, 1.54) is 0 Å². The third kappa shape index (κ3) is 2.90. The van der Waals surface area contributed by atoms with Gasteiger partial charge >= 0.3 is 0 Å². The fourth-order valence-electron chi connectivity index (χ4n) is 2.24. The summed E-state index contributed by atoms with van der Waals surface area (Å²) in [6.07, 6.45) is 3.79. The summed E-state index contributed by atoms with van der Waals surface area (Å²) in [7, 11) is 0. The van der Waals surface area contributed by atoms with Crippen molar-refractivity contribution in [3.8, 4) is 0 Å². The van der Waals surface area contributed by atoms with Crippen LogP contribution < -0.4 is 10.6 Å². The highest BCUT2D eigenvalue weighted by Crippen LogP contribution is 2.26. The van der Waals surface area contributed by atoms with Gasteiger partial charge in [-0.3, -0.25) is 0 Å². The van der Waals surface area contributed by atoms with Crippen molar-refractivity contribution in [3.63, 3.8) is 0 Å². The first kappa shape index (κ1) is 13.1. The molecule has 0 radical (unpaired) electrons. The predicted molar refractivity (Wildman–Crippen MR) is 73.0 cm³/mol. The highest BCUT2D eigenvalue weighted by atomic mass is 16.5. The second kappa shape index (κ2) is 5.52. The molecule has 18 heavy (non-hydrogen) atoms. The Bertz CT molecular complexity index is 402. The summed E-state index contributed by atoms with van der Waals surface area (Å²) in [6.45, 7) is 8.73. The van der Waals surface area contributed by atoms with Gasteiger partial charge in [-0.1, -0.05) is 0 Å². The quantitative estimate of drug-likeness (QED) is 0.858. The minimum Gasteiger partial charge on any atom is -0.379 e. The van der Waals surface area contributed by atoms with E-state index in [0.717, 1.165) is 49.8 Å². The molecule has 1 atom stereocenters. The summed E-state index contributed by atoms with van der Waals surface area (Å²) in [5.41, 5.74) is 1.03. The molecule has 0 bridgehead atoms. The van der Waals surface area contributed by atoms with E-state index >= 15 is 0 Å². The van der Waals surface area contributed by atoms with Gasteiger partial charge in [-0.15, -0.1) is 0 Å². The Morgan fingerprint density at radius 3 is 2.83 bits per heavy atom. The van der Waals surface area contributed by atoms with Crippen LogP contribution in [0.25, 0.3) is 0 Å². The molecule has 0 aromatic carbocycles. The third-order valence-corrected chi connectivity index (χ3v) is 3.29. The van der Waals surface area contributed by atoms with Crippen LogP contribution in [0.3, 0.4) is 0 Å². The van der Waals surface area contributed by atoms with E-state index in [9.17, 15) is 0 Å². The fraction of sp³-hybridized carbons (Fsp3) is 0.692. The molecule has 5 nitrogen and oxygen atoms in total. The molecule has 1 unspecified atom stereocenters. The largest absolute Gasteiger partial charge is 0.379 e. The molecule has 1 aliphatic rings. The maximum atomic E-state index is 5.55. The van der Waals surface area contributed by atoms with Crippen molar-refractivity contribution in [1.82, 2.24) is 9.97 Å². The summed E-state index contributed by atoms with van der Waals surface area (Å²) in [6, 6.07) is 0. The Hall–Kier alpha value is -1.36. The van der Waals surface area contributed by atoms with E-state index in [-0.39, 0.29) is 5.54 Å². The zero-order valence-electron chi connectivity index (χ0n) is 11.4. The molecule has 5 heteroatoms. The first-order valence-corrected chi connectivity index (χ1v) is 6.56. The van der Waals surface area contributed by atoms with Gasteiger partial charge in [0.2, 0.25) is 0 Å². The number of ether oxygens (including phenoxy) is 1. The zero-order valence-corrected chi connectivity index (χ0v) is 11.4. The van der Waals surface area contributed by atoms with Gasteiger partial charge in [-0.05, 0) is 33.6 Å². The van der Waals surface area contributed by atoms with Gasteiger partial charge in [-0.25, -0.2) is 9.97 Å². The lowest BCUT2D eigenvalue weighted by molar-refractivity contribution is 0.0538. The van der Waals surface area contributed by atoms with Crippen LogP contribution in [-0.2, 0) is 4.74 Å². The van der Waals surface area contributed by atoms with E-state index in [0.29, 0.717) is 0 Å². The summed E-state index contributed by atoms with van der Waals surface area (Å²) in [5, 5.41) is 6.75. The summed E-state index contributed by atoms with van der Waals surface area (Å²) in [5.74, 6) is 1.80. The van der Waals surface area contributed by atoms with E-state index in [4.69, 9.17) is 4.74 Å². The van der Waals surface area contributed by atoms with E-state index in [1.54, 1.807) is 6.33 Å². The van der Waals surface area contributed by atoms with Crippen LogP contribution in [0, 0.1) is 6.92 Å². The molecule has 0 saturated carbocycles. The normalized spacial score (nSPS) is 23.7. The molecule has 2 rings (SSSR count). The number of hydrogen-bond donors (Lipinski definition) is 2. The molecule has 1 saturated heterocycles. The molecule has 2 N–H and O–H groups in total. The number of hydrogen-bond acceptors (Lipinski definition) is 5. The second-order valence-corrected chi connectivity index (χ2v) is 5.07. The van der Waals surface area contributed by atoms with Gasteiger partial charge in [0.15, 0.2) is 0 Å². The van der Waals surface area contributed by atoms with E-state index < -0.39 is 0 Å². The van der Waals surface area contributed by atoms with Crippen molar-refractivity contribution in [2.75, 3.05) is 30.4 Å². The standard InChI is InChI=1S/C13H22N4O/c1-4-14-11-10(2)12(16-9-15-11)17-13(3)6-5-7-18-8-13/h9H,4-8H2,1-3H3,(H2,14,15,16,17). The summed E-state index contributed by atoms with van der Waals surface area (Å²) < 4.78 is 5.55. The van der Waals surface area contributed by atoms with Gasteiger partial charge in [0, 0.05) is 18.7 Å². The molecule has 1 aromatic rings.